The molecule has 0 radical (unpaired) electrons. The number of hydrogen-bond donors (Lipinski definition) is 1. The molecule has 6 nitrogen and oxygen atoms in total. The van der Waals surface area contributed by atoms with Crippen molar-refractivity contribution in [3.8, 4) is 11.4 Å². The average molecular weight is 320 g/mol. The molecule has 1 N–H and O–H groups in total. The maximum absolute atomic E-state index is 12.5. The van der Waals surface area contributed by atoms with Crippen LogP contribution in [0.1, 0.15) is 28.4 Å². The third-order valence-electron chi connectivity index (χ3n) is 4.08. The Kier molecular flexibility index (Phi) is 3.70. The Morgan fingerprint density at radius 1 is 1.17 bits per heavy atom. The molecule has 1 aromatic heterocycles. The number of fused-ring (bicyclic) bond motifs is 1. The first-order valence-electron chi connectivity index (χ1n) is 7.79. The second-order valence-electron chi connectivity index (χ2n) is 5.59. The smallest absolute Gasteiger partial charge is 0.251 e. The highest BCUT2D eigenvalue weighted by Gasteiger charge is 2.23. The molecular weight excluding hydrogens is 304 g/mol. The predicted octanol–water partition coefficient (Wildman–Crippen LogP) is 2.52. The van der Waals surface area contributed by atoms with Gasteiger partial charge in [0.1, 0.15) is 18.4 Å². The zero-order chi connectivity index (χ0) is 16.4. The molecule has 0 saturated heterocycles. The van der Waals surface area contributed by atoms with Crippen molar-refractivity contribution in [1.29, 1.82) is 0 Å². The predicted molar refractivity (Wildman–Crippen MR) is 88.1 cm³/mol. The van der Waals surface area contributed by atoms with Gasteiger partial charge in [0.25, 0.3) is 5.91 Å². The lowest BCUT2D eigenvalue weighted by Gasteiger charge is -2.26. The molecule has 0 aliphatic carbocycles. The van der Waals surface area contributed by atoms with Gasteiger partial charge < -0.3 is 10.1 Å². The molecule has 0 saturated carbocycles. The number of benzene rings is 2. The van der Waals surface area contributed by atoms with E-state index in [0.29, 0.717) is 12.2 Å². The van der Waals surface area contributed by atoms with Gasteiger partial charge in [0.05, 0.1) is 18.3 Å². The van der Waals surface area contributed by atoms with Gasteiger partial charge in [0.2, 0.25) is 0 Å². The van der Waals surface area contributed by atoms with Crippen LogP contribution in [0.3, 0.4) is 0 Å². The molecule has 1 amide bonds. The molecular formula is C18H16N4O2. The number of para-hydroxylation sites is 1. The van der Waals surface area contributed by atoms with Crippen LogP contribution in [0.25, 0.3) is 5.69 Å². The van der Waals surface area contributed by atoms with Gasteiger partial charge in [-0.1, -0.05) is 18.2 Å². The Bertz CT molecular complexity index is 844. The summed E-state index contributed by atoms with van der Waals surface area (Å²) in [6.07, 6.45) is 3.86. The fraction of sp³-hybridized carbons (Fsp3) is 0.167. The minimum atomic E-state index is -0.0955. The number of ether oxygens (including phenoxy) is 1. The zero-order valence-electron chi connectivity index (χ0n) is 12.9. The molecule has 1 unspecified atom stereocenters. The van der Waals surface area contributed by atoms with E-state index < -0.39 is 0 Å². The van der Waals surface area contributed by atoms with E-state index in [1.54, 1.807) is 23.1 Å². The summed E-state index contributed by atoms with van der Waals surface area (Å²) in [7, 11) is 0. The van der Waals surface area contributed by atoms with Crippen molar-refractivity contribution in [1.82, 2.24) is 20.1 Å². The van der Waals surface area contributed by atoms with Crippen molar-refractivity contribution < 1.29 is 9.53 Å². The summed E-state index contributed by atoms with van der Waals surface area (Å²) in [5.74, 6) is 0.748. The van der Waals surface area contributed by atoms with Gasteiger partial charge in [-0.25, -0.2) is 9.67 Å². The molecule has 1 aliphatic heterocycles. The van der Waals surface area contributed by atoms with Gasteiger partial charge >= 0.3 is 0 Å². The SMILES string of the molecule is O=C(NC1CCOc2ccccc21)c1ccc(-n2cncn2)cc1. The van der Waals surface area contributed by atoms with Crippen LogP contribution in [0.5, 0.6) is 5.75 Å². The molecule has 6 heteroatoms. The topological polar surface area (TPSA) is 69.0 Å². The van der Waals surface area contributed by atoms with Crippen LogP contribution in [0.15, 0.2) is 61.2 Å². The van der Waals surface area contributed by atoms with E-state index in [2.05, 4.69) is 15.4 Å². The highest BCUT2D eigenvalue weighted by molar-refractivity contribution is 5.94. The van der Waals surface area contributed by atoms with Crippen LogP contribution in [0, 0.1) is 0 Å². The van der Waals surface area contributed by atoms with E-state index >= 15 is 0 Å². The van der Waals surface area contributed by atoms with Crippen molar-refractivity contribution in [2.75, 3.05) is 6.61 Å². The van der Waals surface area contributed by atoms with E-state index in [-0.39, 0.29) is 11.9 Å². The van der Waals surface area contributed by atoms with E-state index in [1.165, 1.54) is 6.33 Å². The maximum Gasteiger partial charge on any atom is 0.251 e. The fourth-order valence-corrected chi connectivity index (χ4v) is 2.84. The summed E-state index contributed by atoms with van der Waals surface area (Å²) in [5.41, 5.74) is 2.50. The molecule has 3 aromatic rings. The monoisotopic (exact) mass is 320 g/mol. The summed E-state index contributed by atoms with van der Waals surface area (Å²) in [6, 6.07) is 15.1. The van der Waals surface area contributed by atoms with Crippen LogP contribution in [-0.2, 0) is 0 Å². The molecule has 4 rings (SSSR count). The molecule has 120 valence electrons. The van der Waals surface area contributed by atoms with E-state index in [1.807, 2.05) is 36.4 Å². The number of rotatable bonds is 3. The normalized spacial score (nSPS) is 16.1. The second-order valence-corrected chi connectivity index (χ2v) is 5.59. The number of nitrogens with one attached hydrogen (secondary N) is 1. The Hall–Kier alpha value is -3.15. The molecule has 0 fully saturated rings. The van der Waals surface area contributed by atoms with E-state index in [0.717, 1.165) is 23.4 Å². The Balaban J connectivity index is 1.51. The standard InChI is InChI=1S/C18H16N4O2/c23-18(13-5-7-14(8-6-13)22-12-19-11-20-22)21-16-9-10-24-17-4-2-1-3-15(16)17/h1-8,11-12,16H,9-10H2,(H,21,23). The van der Waals surface area contributed by atoms with Gasteiger partial charge in [-0.05, 0) is 30.3 Å². The second kappa shape index (κ2) is 6.16. The molecule has 0 spiro atoms. The van der Waals surface area contributed by atoms with Crippen LogP contribution >= 0.6 is 0 Å². The largest absolute Gasteiger partial charge is 0.493 e. The Morgan fingerprint density at radius 3 is 2.79 bits per heavy atom. The number of amides is 1. The first-order valence-corrected chi connectivity index (χ1v) is 7.79. The van der Waals surface area contributed by atoms with Gasteiger partial charge in [0.15, 0.2) is 0 Å². The molecule has 2 heterocycles. The number of carbonyl (C=O) groups is 1. The van der Waals surface area contributed by atoms with Gasteiger partial charge in [-0.15, -0.1) is 0 Å². The lowest BCUT2D eigenvalue weighted by molar-refractivity contribution is 0.0925. The highest BCUT2D eigenvalue weighted by atomic mass is 16.5. The van der Waals surface area contributed by atoms with Crippen LogP contribution in [0.4, 0.5) is 0 Å². The Morgan fingerprint density at radius 2 is 2.00 bits per heavy atom. The lowest BCUT2D eigenvalue weighted by atomic mass is 10.00. The van der Waals surface area contributed by atoms with E-state index in [4.69, 9.17) is 4.74 Å². The summed E-state index contributed by atoms with van der Waals surface area (Å²) >= 11 is 0. The highest BCUT2D eigenvalue weighted by Crippen LogP contribution is 2.31. The molecule has 1 aliphatic rings. The van der Waals surface area contributed by atoms with Crippen molar-refractivity contribution in [3.05, 3.63) is 72.3 Å². The van der Waals surface area contributed by atoms with Crippen LogP contribution in [-0.4, -0.2) is 27.3 Å². The summed E-state index contributed by atoms with van der Waals surface area (Å²) < 4.78 is 7.28. The van der Waals surface area contributed by atoms with Crippen molar-refractivity contribution >= 4 is 5.91 Å². The van der Waals surface area contributed by atoms with Gasteiger partial charge in [-0.3, -0.25) is 4.79 Å². The summed E-state index contributed by atoms with van der Waals surface area (Å²) in [5, 5.41) is 7.16. The van der Waals surface area contributed by atoms with Gasteiger partial charge in [0, 0.05) is 17.5 Å². The minimum Gasteiger partial charge on any atom is -0.493 e. The van der Waals surface area contributed by atoms with Gasteiger partial charge in [-0.2, -0.15) is 5.10 Å². The molecule has 2 aromatic carbocycles. The molecule has 0 bridgehead atoms. The number of aromatic nitrogens is 3. The van der Waals surface area contributed by atoms with E-state index in [9.17, 15) is 4.79 Å². The van der Waals surface area contributed by atoms with Crippen molar-refractivity contribution in [2.24, 2.45) is 0 Å². The first kappa shape index (κ1) is 14.4. The summed E-state index contributed by atoms with van der Waals surface area (Å²) in [6.45, 7) is 0.604. The zero-order valence-corrected chi connectivity index (χ0v) is 12.9. The van der Waals surface area contributed by atoms with Crippen molar-refractivity contribution in [2.45, 2.75) is 12.5 Å². The third kappa shape index (κ3) is 2.74. The van der Waals surface area contributed by atoms with Crippen LogP contribution in [0.2, 0.25) is 0 Å². The average Bonchev–Trinajstić information content (AvgIpc) is 3.17. The number of hydrogen-bond acceptors (Lipinski definition) is 4. The third-order valence-corrected chi connectivity index (χ3v) is 4.08. The summed E-state index contributed by atoms with van der Waals surface area (Å²) in [4.78, 5) is 16.4. The fourth-order valence-electron chi connectivity index (χ4n) is 2.84. The minimum absolute atomic E-state index is 0.0301. The van der Waals surface area contributed by atoms with Crippen LogP contribution < -0.4 is 10.1 Å². The molecule has 1 atom stereocenters. The Labute approximate surface area is 139 Å². The first-order chi connectivity index (χ1) is 11.8. The maximum atomic E-state index is 12.5. The van der Waals surface area contributed by atoms with Crippen molar-refractivity contribution in [3.63, 3.8) is 0 Å². The number of carbonyl (C=O) groups excluding carboxylic acids is 1. The lowest BCUT2D eigenvalue weighted by Crippen LogP contribution is -2.32. The quantitative estimate of drug-likeness (QED) is 0.805. The number of nitrogens with zero attached hydrogens (tertiary/aromatic N) is 3. The molecule has 24 heavy (non-hydrogen) atoms.